The maximum absolute atomic E-state index is 11.9. The highest BCUT2D eigenvalue weighted by atomic mass is 79.9. The lowest BCUT2D eigenvalue weighted by Crippen LogP contribution is -2.14. The van der Waals surface area contributed by atoms with Crippen LogP contribution in [-0.2, 0) is 11.3 Å². The standard InChI is InChI=1S/C13H10Br2N4OS/c14-8-1-2-10-11(5-8)21-13(17-10)18-12(20)3-4-19-7-9(15)6-16-19/h1-2,5-7H,3-4H2,(H,17,18,20). The molecule has 0 aliphatic rings. The van der Waals surface area contributed by atoms with Gasteiger partial charge in [0.25, 0.3) is 0 Å². The third-order valence-electron chi connectivity index (χ3n) is 2.77. The van der Waals surface area contributed by atoms with E-state index >= 15 is 0 Å². The number of anilines is 1. The molecule has 2 aromatic heterocycles. The van der Waals surface area contributed by atoms with Gasteiger partial charge in [-0.05, 0) is 34.1 Å². The Hall–Kier alpha value is -1.25. The zero-order valence-corrected chi connectivity index (χ0v) is 14.7. The maximum Gasteiger partial charge on any atom is 0.228 e. The van der Waals surface area contributed by atoms with E-state index in [-0.39, 0.29) is 5.91 Å². The highest BCUT2D eigenvalue weighted by Crippen LogP contribution is 2.28. The van der Waals surface area contributed by atoms with E-state index in [1.54, 1.807) is 10.9 Å². The molecule has 0 saturated carbocycles. The van der Waals surface area contributed by atoms with E-state index in [0.717, 1.165) is 19.2 Å². The number of carbonyl (C=O) groups excluding carboxylic acids is 1. The molecule has 3 aromatic rings. The Labute approximate surface area is 141 Å². The van der Waals surface area contributed by atoms with Gasteiger partial charge in [0.05, 0.1) is 20.9 Å². The van der Waals surface area contributed by atoms with Crippen molar-refractivity contribution < 1.29 is 4.79 Å². The second-order valence-corrected chi connectivity index (χ2v) is 7.21. The summed E-state index contributed by atoms with van der Waals surface area (Å²) in [5.74, 6) is -0.0697. The van der Waals surface area contributed by atoms with Gasteiger partial charge in [-0.3, -0.25) is 9.48 Å². The normalized spacial score (nSPS) is 11.0. The van der Waals surface area contributed by atoms with Gasteiger partial charge in [-0.25, -0.2) is 4.98 Å². The van der Waals surface area contributed by atoms with E-state index in [4.69, 9.17) is 0 Å². The topological polar surface area (TPSA) is 59.8 Å². The quantitative estimate of drug-likeness (QED) is 0.680. The number of carbonyl (C=O) groups is 1. The first-order chi connectivity index (χ1) is 10.1. The van der Waals surface area contributed by atoms with Crippen LogP contribution in [0.15, 0.2) is 39.5 Å². The fourth-order valence-corrected chi connectivity index (χ4v) is 3.57. The molecule has 0 fully saturated rings. The molecule has 0 radical (unpaired) electrons. The summed E-state index contributed by atoms with van der Waals surface area (Å²) >= 11 is 8.21. The number of hydrogen-bond acceptors (Lipinski definition) is 4. The van der Waals surface area contributed by atoms with Crippen LogP contribution in [-0.4, -0.2) is 20.7 Å². The van der Waals surface area contributed by atoms with Crippen LogP contribution in [0.5, 0.6) is 0 Å². The number of amides is 1. The third kappa shape index (κ3) is 3.69. The van der Waals surface area contributed by atoms with E-state index in [2.05, 4.69) is 47.3 Å². The number of rotatable bonds is 4. The predicted octanol–water partition coefficient (Wildman–Crippen LogP) is 4.05. The van der Waals surface area contributed by atoms with Crippen LogP contribution >= 0.6 is 43.2 Å². The molecule has 5 nitrogen and oxygen atoms in total. The number of aromatic nitrogens is 3. The van der Waals surface area contributed by atoms with Crippen molar-refractivity contribution in [1.82, 2.24) is 14.8 Å². The molecule has 1 amide bonds. The summed E-state index contributed by atoms with van der Waals surface area (Å²) < 4.78 is 4.66. The summed E-state index contributed by atoms with van der Waals surface area (Å²) in [5.41, 5.74) is 0.884. The van der Waals surface area contributed by atoms with Crippen LogP contribution in [0.4, 0.5) is 5.13 Å². The van der Waals surface area contributed by atoms with Crippen molar-refractivity contribution in [3.8, 4) is 0 Å². The number of aryl methyl sites for hydroxylation is 1. The van der Waals surface area contributed by atoms with Crippen LogP contribution in [0, 0.1) is 0 Å². The van der Waals surface area contributed by atoms with Gasteiger partial charge in [0, 0.05) is 23.6 Å². The summed E-state index contributed by atoms with van der Waals surface area (Å²) in [5, 5.41) is 7.56. The van der Waals surface area contributed by atoms with Crippen molar-refractivity contribution in [2.45, 2.75) is 13.0 Å². The zero-order chi connectivity index (χ0) is 14.8. The number of nitrogens with one attached hydrogen (secondary N) is 1. The smallest absolute Gasteiger partial charge is 0.228 e. The molecule has 1 aromatic carbocycles. The summed E-state index contributed by atoms with van der Waals surface area (Å²) in [6, 6.07) is 5.85. The van der Waals surface area contributed by atoms with E-state index in [1.807, 2.05) is 24.4 Å². The average Bonchev–Trinajstić information content (AvgIpc) is 3.01. The Bertz CT molecular complexity index is 798. The molecular formula is C13H10Br2N4OS. The fraction of sp³-hybridized carbons (Fsp3) is 0.154. The van der Waals surface area contributed by atoms with Gasteiger partial charge in [0.1, 0.15) is 0 Å². The number of nitrogens with zero attached hydrogens (tertiary/aromatic N) is 3. The molecule has 0 aliphatic carbocycles. The van der Waals surface area contributed by atoms with Gasteiger partial charge in [-0.2, -0.15) is 5.10 Å². The second kappa shape index (κ2) is 6.25. The highest BCUT2D eigenvalue weighted by Gasteiger charge is 2.08. The van der Waals surface area contributed by atoms with E-state index in [0.29, 0.717) is 18.1 Å². The van der Waals surface area contributed by atoms with Crippen molar-refractivity contribution in [2.75, 3.05) is 5.32 Å². The molecule has 2 heterocycles. The molecule has 0 atom stereocenters. The van der Waals surface area contributed by atoms with Crippen LogP contribution < -0.4 is 5.32 Å². The summed E-state index contributed by atoms with van der Waals surface area (Å²) in [7, 11) is 0. The zero-order valence-electron chi connectivity index (χ0n) is 10.7. The van der Waals surface area contributed by atoms with Crippen molar-refractivity contribution in [3.63, 3.8) is 0 Å². The Balaban J connectivity index is 1.63. The molecule has 3 rings (SSSR count). The highest BCUT2D eigenvalue weighted by molar-refractivity contribution is 9.10. The first-order valence-electron chi connectivity index (χ1n) is 6.14. The Morgan fingerprint density at radius 1 is 1.33 bits per heavy atom. The van der Waals surface area contributed by atoms with Gasteiger partial charge >= 0.3 is 0 Å². The second-order valence-electron chi connectivity index (χ2n) is 4.35. The fourth-order valence-electron chi connectivity index (χ4n) is 1.81. The number of fused-ring (bicyclic) bond motifs is 1. The van der Waals surface area contributed by atoms with E-state index < -0.39 is 0 Å². The van der Waals surface area contributed by atoms with Crippen LogP contribution in [0.1, 0.15) is 6.42 Å². The molecule has 21 heavy (non-hydrogen) atoms. The lowest BCUT2D eigenvalue weighted by molar-refractivity contribution is -0.116. The van der Waals surface area contributed by atoms with Gasteiger partial charge < -0.3 is 5.32 Å². The minimum Gasteiger partial charge on any atom is -0.302 e. The summed E-state index contributed by atoms with van der Waals surface area (Å²) in [6.45, 7) is 0.536. The molecule has 0 saturated heterocycles. The largest absolute Gasteiger partial charge is 0.302 e. The first-order valence-corrected chi connectivity index (χ1v) is 8.54. The lowest BCUT2D eigenvalue weighted by atomic mass is 10.3. The number of hydrogen-bond donors (Lipinski definition) is 1. The molecule has 1 N–H and O–H groups in total. The molecule has 0 aliphatic heterocycles. The monoisotopic (exact) mass is 428 g/mol. The Morgan fingerprint density at radius 2 is 2.19 bits per heavy atom. The molecule has 108 valence electrons. The van der Waals surface area contributed by atoms with Gasteiger partial charge in [0.2, 0.25) is 5.91 Å². The van der Waals surface area contributed by atoms with Gasteiger partial charge in [0.15, 0.2) is 5.13 Å². The molecule has 0 bridgehead atoms. The molecule has 8 heteroatoms. The maximum atomic E-state index is 11.9. The first kappa shape index (κ1) is 14.7. The number of benzene rings is 1. The Morgan fingerprint density at radius 3 is 2.95 bits per heavy atom. The Kier molecular flexibility index (Phi) is 4.37. The average molecular weight is 430 g/mol. The molecule has 0 unspecified atom stereocenters. The van der Waals surface area contributed by atoms with Crippen molar-refractivity contribution in [3.05, 3.63) is 39.5 Å². The van der Waals surface area contributed by atoms with Crippen molar-refractivity contribution in [2.24, 2.45) is 0 Å². The summed E-state index contributed by atoms with van der Waals surface area (Å²) in [6.07, 6.45) is 3.89. The van der Waals surface area contributed by atoms with Gasteiger partial charge in [-0.15, -0.1) is 0 Å². The predicted molar refractivity (Wildman–Crippen MR) is 90.5 cm³/mol. The minimum atomic E-state index is -0.0697. The van der Waals surface area contributed by atoms with E-state index in [1.165, 1.54) is 11.3 Å². The van der Waals surface area contributed by atoms with E-state index in [9.17, 15) is 4.79 Å². The van der Waals surface area contributed by atoms with Crippen LogP contribution in [0.3, 0.4) is 0 Å². The van der Waals surface area contributed by atoms with Crippen LogP contribution in [0.2, 0.25) is 0 Å². The molecular weight excluding hydrogens is 420 g/mol. The van der Waals surface area contributed by atoms with Crippen LogP contribution in [0.25, 0.3) is 10.2 Å². The number of thiazole rings is 1. The number of halogens is 2. The minimum absolute atomic E-state index is 0.0697. The summed E-state index contributed by atoms with van der Waals surface area (Å²) in [4.78, 5) is 16.3. The van der Waals surface area contributed by atoms with Crippen molar-refractivity contribution in [1.29, 1.82) is 0 Å². The van der Waals surface area contributed by atoms with Crippen molar-refractivity contribution >= 4 is 64.5 Å². The SMILES string of the molecule is O=C(CCn1cc(Br)cn1)Nc1nc2ccc(Br)cc2s1. The lowest BCUT2D eigenvalue weighted by Gasteiger charge is -2.01. The molecule has 0 spiro atoms. The third-order valence-corrected chi connectivity index (χ3v) is 4.60. The van der Waals surface area contributed by atoms with Gasteiger partial charge in [-0.1, -0.05) is 27.3 Å².